The summed E-state index contributed by atoms with van der Waals surface area (Å²) in [6.07, 6.45) is 0. The Morgan fingerprint density at radius 3 is 2.26 bits per heavy atom. The number of rotatable bonds is 1. The third-order valence-electron chi connectivity index (χ3n) is 3.17. The molecule has 5 heteroatoms. The molecule has 0 bridgehead atoms. The van der Waals surface area contributed by atoms with Gasteiger partial charge in [0.25, 0.3) is 5.69 Å². The van der Waals surface area contributed by atoms with Gasteiger partial charge >= 0.3 is 0 Å². The number of fused-ring (bicyclic) bond motifs is 3. The second-order valence-electron chi connectivity index (χ2n) is 4.24. The van der Waals surface area contributed by atoms with Gasteiger partial charge < -0.3 is 0 Å². The predicted molar refractivity (Wildman–Crippen MR) is 69.7 cm³/mol. The van der Waals surface area contributed by atoms with Gasteiger partial charge in [-0.05, 0) is 17.2 Å². The van der Waals surface area contributed by atoms with E-state index in [2.05, 4.69) is 0 Å². The van der Waals surface area contributed by atoms with Crippen molar-refractivity contribution in [2.45, 2.75) is 0 Å². The van der Waals surface area contributed by atoms with Crippen LogP contribution < -0.4 is 0 Å². The molecule has 5 nitrogen and oxygen atoms in total. The quantitative estimate of drug-likeness (QED) is 0.625. The van der Waals surface area contributed by atoms with Gasteiger partial charge in [-0.1, -0.05) is 24.3 Å². The van der Waals surface area contributed by atoms with E-state index in [1.807, 2.05) is 6.07 Å². The molecular formula is C14H8N2O3. The second-order valence-corrected chi connectivity index (χ2v) is 4.24. The monoisotopic (exact) mass is 252 g/mol. The van der Waals surface area contributed by atoms with Crippen LogP contribution in [0.4, 0.5) is 5.69 Å². The molecule has 0 spiro atoms. The van der Waals surface area contributed by atoms with Crippen LogP contribution >= 0.6 is 0 Å². The minimum Gasteiger partial charge on any atom is -0.296 e. The van der Waals surface area contributed by atoms with Crippen molar-refractivity contribution in [3.63, 3.8) is 0 Å². The molecule has 0 heterocycles. The number of hydrogen-bond donors (Lipinski definition) is 1. The average molecular weight is 252 g/mol. The van der Waals surface area contributed by atoms with Crippen LogP contribution in [-0.4, -0.2) is 16.4 Å². The Balaban J connectivity index is 2.33. The maximum atomic E-state index is 12.1. The first-order chi connectivity index (χ1) is 9.09. The first-order valence-corrected chi connectivity index (χ1v) is 5.61. The normalized spacial score (nSPS) is 12.8. The number of ketones is 1. The molecule has 0 saturated heterocycles. The Kier molecular flexibility index (Phi) is 2.28. The SMILES string of the molecule is N=C1C(=O)c2cc([N+](=O)[O-])ccc2-c2ccccc21. The summed E-state index contributed by atoms with van der Waals surface area (Å²) in [5.41, 5.74) is 1.92. The second kappa shape index (κ2) is 3.84. The molecule has 19 heavy (non-hydrogen) atoms. The number of nitrogens with one attached hydrogen (secondary N) is 1. The van der Waals surface area contributed by atoms with Gasteiger partial charge in [0.15, 0.2) is 0 Å². The van der Waals surface area contributed by atoms with Crippen LogP contribution in [0, 0.1) is 15.5 Å². The molecule has 0 atom stereocenters. The molecule has 0 amide bonds. The largest absolute Gasteiger partial charge is 0.296 e. The Hall–Kier alpha value is -2.82. The fourth-order valence-electron chi connectivity index (χ4n) is 2.26. The van der Waals surface area contributed by atoms with E-state index in [9.17, 15) is 14.9 Å². The summed E-state index contributed by atoms with van der Waals surface area (Å²) in [7, 11) is 0. The van der Waals surface area contributed by atoms with Crippen molar-refractivity contribution in [1.29, 1.82) is 5.41 Å². The lowest BCUT2D eigenvalue weighted by Gasteiger charge is -2.18. The summed E-state index contributed by atoms with van der Waals surface area (Å²) in [6, 6.07) is 11.3. The van der Waals surface area contributed by atoms with Gasteiger partial charge in [-0.3, -0.25) is 20.3 Å². The van der Waals surface area contributed by atoms with E-state index < -0.39 is 10.7 Å². The zero-order valence-electron chi connectivity index (χ0n) is 9.71. The first kappa shape index (κ1) is 11.3. The van der Waals surface area contributed by atoms with Gasteiger partial charge in [-0.15, -0.1) is 0 Å². The number of carbonyl (C=O) groups excluding carboxylic acids is 1. The molecule has 2 aromatic carbocycles. The highest BCUT2D eigenvalue weighted by atomic mass is 16.6. The number of nitro groups is 1. The van der Waals surface area contributed by atoms with E-state index in [0.29, 0.717) is 11.1 Å². The van der Waals surface area contributed by atoms with Gasteiger partial charge in [0.05, 0.1) is 4.92 Å². The van der Waals surface area contributed by atoms with Crippen molar-refractivity contribution in [3.8, 4) is 11.1 Å². The molecule has 1 N–H and O–H groups in total. The Bertz CT molecular complexity index is 750. The first-order valence-electron chi connectivity index (χ1n) is 5.61. The molecule has 1 aliphatic rings. The molecule has 0 saturated carbocycles. The lowest BCUT2D eigenvalue weighted by molar-refractivity contribution is -0.384. The van der Waals surface area contributed by atoms with E-state index in [-0.39, 0.29) is 17.0 Å². The smallest absolute Gasteiger partial charge is 0.270 e. The molecule has 3 rings (SSSR count). The average Bonchev–Trinajstić information content (AvgIpc) is 2.44. The Morgan fingerprint density at radius 2 is 1.58 bits per heavy atom. The predicted octanol–water partition coefficient (Wildman–Crippen LogP) is 2.83. The molecule has 1 aliphatic carbocycles. The van der Waals surface area contributed by atoms with Crippen molar-refractivity contribution in [1.82, 2.24) is 0 Å². The third-order valence-corrected chi connectivity index (χ3v) is 3.17. The van der Waals surface area contributed by atoms with E-state index in [4.69, 9.17) is 5.41 Å². The number of hydrogen-bond acceptors (Lipinski definition) is 4. The molecular weight excluding hydrogens is 244 g/mol. The van der Waals surface area contributed by atoms with Crippen LogP contribution in [-0.2, 0) is 0 Å². The van der Waals surface area contributed by atoms with E-state index >= 15 is 0 Å². The zero-order valence-corrected chi connectivity index (χ0v) is 9.71. The fraction of sp³-hybridized carbons (Fsp3) is 0. The Morgan fingerprint density at radius 1 is 0.947 bits per heavy atom. The zero-order chi connectivity index (χ0) is 13.6. The minimum absolute atomic E-state index is 0.122. The van der Waals surface area contributed by atoms with Crippen molar-refractivity contribution < 1.29 is 9.72 Å². The van der Waals surface area contributed by atoms with Gasteiger partial charge in [-0.2, -0.15) is 0 Å². The maximum Gasteiger partial charge on any atom is 0.270 e. The summed E-state index contributed by atoms with van der Waals surface area (Å²) >= 11 is 0. The van der Waals surface area contributed by atoms with E-state index in [0.717, 1.165) is 5.56 Å². The summed E-state index contributed by atoms with van der Waals surface area (Å²) in [4.78, 5) is 22.3. The van der Waals surface area contributed by atoms with Crippen LogP contribution in [0.3, 0.4) is 0 Å². The van der Waals surface area contributed by atoms with Crippen molar-refractivity contribution in [3.05, 3.63) is 63.7 Å². The molecule has 0 radical (unpaired) electrons. The summed E-state index contributed by atoms with van der Waals surface area (Å²) in [5.74, 6) is -0.475. The van der Waals surface area contributed by atoms with Crippen LogP contribution in [0.5, 0.6) is 0 Å². The highest BCUT2D eigenvalue weighted by Gasteiger charge is 2.28. The number of Topliss-reactive ketones (excluding diaryl/α,β-unsaturated/α-hetero) is 1. The van der Waals surface area contributed by atoms with E-state index in [1.54, 1.807) is 24.3 Å². The highest BCUT2D eigenvalue weighted by molar-refractivity contribution is 6.54. The van der Waals surface area contributed by atoms with Crippen LogP contribution in [0.2, 0.25) is 0 Å². The molecule has 0 fully saturated rings. The molecule has 0 aromatic heterocycles. The fourth-order valence-corrected chi connectivity index (χ4v) is 2.26. The lowest BCUT2D eigenvalue weighted by atomic mass is 9.83. The number of nitro benzene ring substituents is 1. The van der Waals surface area contributed by atoms with Gasteiger partial charge in [0.1, 0.15) is 5.71 Å². The van der Waals surface area contributed by atoms with E-state index in [1.165, 1.54) is 12.1 Å². The van der Waals surface area contributed by atoms with Gasteiger partial charge in [0.2, 0.25) is 5.78 Å². The molecule has 92 valence electrons. The summed E-state index contributed by atoms with van der Waals surface area (Å²) in [5, 5.41) is 18.6. The lowest BCUT2D eigenvalue weighted by Crippen LogP contribution is -2.21. The van der Waals surface area contributed by atoms with Crippen molar-refractivity contribution in [2.24, 2.45) is 0 Å². The summed E-state index contributed by atoms with van der Waals surface area (Å²) < 4.78 is 0. The number of carbonyl (C=O) groups is 1. The molecule has 0 aliphatic heterocycles. The van der Waals surface area contributed by atoms with Gasteiger partial charge in [-0.25, -0.2) is 0 Å². The minimum atomic E-state index is -0.544. The maximum absolute atomic E-state index is 12.1. The number of benzene rings is 2. The molecule has 2 aromatic rings. The molecule has 0 unspecified atom stereocenters. The van der Waals surface area contributed by atoms with Crippen molar-refractivity contribution >= 4 is 17.2 Å². The van der Waals surface area contributed by atoms with Crippen molar-refractivity contribution in [2.75, 3.05) is 0 Å². The third kappa shape index (κ3) is 1.55. The number of nitrogens with zero attached hydrogens (tertiary/aromatic N) is 1. The highest BCUT2D eigenvalue weighted by Crippen LogP contribution is 2.35. The van der Waals surface area contributed by atoms with Crippen LogP contribution in [0.1, 0.15) is 15.9 Å². The Labute approximate surface area is 108 Å². The van der Waals surface area contributed by atoms with Gasteiger partial charge in [0, 0.05) is 23.3 Å². The summed E-state index contributed by atoms with van der Waals surface area (Å²) in [6.45, 7) is 0. The topological polar surface area (TPSA) is 84.1 Å². The standard InChI is InChI=1S/C14H8N2O3/c15-13-11-4-2-1-3-9(11)10-6-5-8(16(18)19)7-12(10)14(13)17/h1-7,15H. The van der Waals surface area contributed by atoms with Crippen LogP contribution in [0.25, 0.3) is 11.1 Å². The van der Waals surface area contributed by atoms with Crippen LogP contribution in [0.15, 0.2) is 42.5 Å². The number of non-ortho nitro benzene ring substituents is 1.